The number of rotatable bonds is 4. The average molecular weight is 440 g/mol. The van der Waals surface area contributed by atoms with Crippen molar-refractivity contribution in [1.82, 2.24) is 14.2 Å². The maximum Gasteiger partial charge on any atom is 0.213 e. The number of nitrogens with zero attached hydrogens (tertiary/aromatic N) is 3. The van der Waals surface area contributed by atoms with Crippen LogP contribution < -0.4 is 0 Å². The molecule has 4 rings (SSSR count). The molecule has 0 bridgehead atoms. The third-order valence-corrected chi connectivity index (χ3v) is 8.23. The van der Waals surface area contributed by atoms with Gasteiger partial charge in [0.25, 0.3) is 0 Å². The highest BCUT2D eigenvalue weighted by molar-refractivity contribution is 7.89. The number of aliphatic hydroxyl groups is 1. The highest BCUT2D eigenvalue weighted by Crippen LogP contribution is 2.42. The summed E-state index contributed by atoms with van der Waals surface area (Å²) >= 11 is 0. The van der Waals surface area contributed by atoms with E-state index in [1.165, 1.54) is 0 Å². The molecule has 1 aromatic heterocycles. The molecule has 0 saturated carbocycles. The van der Waals surface area contributed by atoms with Crippen molar-refractivity contribution >= 4 is 10.0 Å². The Morgan fingerprint density at radius 1 is 1.10 bits per heavy atom. The van der Waals surface area contributed by atoms with Gasteiger partial charge in [-0.15, -0.1) is 0 Å². The van der Waals surface area contributed by atoms with Gasteiger partial charge in [-0.2, -0.15) is 0 Å². The highest BCUT2D eigenvalue weighted by atomic mass is 32.2. The van der Waals surface area contributed by atoms with Crippen LogP contribution in [-0.4, -0.2) is 71.8 Å². The van der Waals surface area contributed by atoms with Gasteiger partial charge in [0.1, 0.15) is 5.69 Å². The molecule has 1 aromatic carbocycles. The molecule has 3 atom stereocenters. The van der Waals surface area contributed by atoms with Crippen LogP contribution in [-0.2, 0) is 10.0 Å². The van der Waals surface area contributed by atoms with Crippen LogP contribution in [0.25, 0.3) is 0 Å². The second-order valence-corrected chi connectivity index (χ2v) is 10.4. The summed E-state index contributed by atoms with van der Waals surface area (Å²) in [6, 6.07) is 13.9. The lowest BCUT2D eigenvalue weighted by molar-refractivity contribution is -0.0553. The predicted molar refractivity (Wildman–Crippen MR) is 121 cm³/mol. The Labute approximate surface area is 185 Å². The van der Waals surface area contributed by atoms with Gasteiger partial charge in [-0.1, -0.05) is 24.1 Å². The van der Waals surface area contributed by atoms with Crippen molar-refractivity contribution in [3.8, 4) is 11.8 Å². The second-order valence-electron chi connectivity index (χ2n) is 8.13. The lowest BCUT2D eigenvalue weighted by atomic mass is 9.74. The Hall–Kier alpha value is -2.24. The Bertz CT molecular complexity index is 1040. The van der Waals surface area contributed by atoms with Crippen molar-refractivity contribution < 1.29 is 13.5 Å². The van der Waals surface area contributed by atoms with Gasteiger partial charge in [-0.05, 0) is 62.1 Å². The molecule has 2 saturated heterocycles. The van der Waals surface area contributed by atoms with E-state index >= 15 is 0 Å². The Morgan fingerprint density at radius 3 is 2.55 bits per heavy atom. The molecule has 0 aliphatic carbocycles. The van der Waals surface area contributed by atoms with Crippen LogP contribution in [0.2, 0.25) is 0 Å². The fourth-order valence-corrected chi connectivity index (χ4v) is 5.86. The Kier molecular flexibility index (Phi) is 6.73. The minimum atomic E-state index is -3.23. The summed E-state index contributed by atoms with van der Waals surface area (Å²) < 4.78 is 26.8. The van der Waals surface area contributed by atoms with Gasteiger partial charge in [-0.25, -0.2) is 17.7 Å². The number of hydrogen-bond donors (Lipinski definition) is 1. The highest BCUT2D eigenvalue weighted by Gasteiger charge is 2.49. The van der Waals surface area contributed by atoms with E-state index < -0.39 is 10.0 Å². The third-order valence-electron chi connectivity index (χ3n) is 6.39. The van der Waals surface area contributed by atoms with Crippen molar-refractivity contribution in [1.29, 1.82) is 0 Å². The van der Waals surface area contributed by atoms with Crippen molar-refractivity contribution in [2.24, 2.45) is 0 Å². The molecule has 6 nitrogen and oxygen atoms in total. The maximum atomic E-state index is 12.6. The van der Waals surface area contributed by atoms with E-state index in [9.17, 15) is 13.5 Å². The van der Waals surface area contributed by atoms with Gasteiger partial charge < -0.3 is 5.11 Å². The second kappa shape index (κ2) is 9.49. The lowest BCUT2D eigenvalue weighted by Crippen LogP contribution is -2.67. The number of benzene rings is 1. The summed E-state index contributed by atoms with van der Waals surface area (Å²) in [5.41, 5.74) is 2.75. The fraction of sp³-hybridized carbons (Fsp3) is 0.458. The smallest absolute Gasteiger partial charge is 0.213 e. The van der Waals surface area contributed by atoms with Crippen molar-refractivity contribution in [3.63, 3.8) is 0 Å². The summed E-state index contributed by atoms with van der Waals surface area (Å²) in [6.07, 6.45) is 3.52. The molecule has 2 aliphatic rings. The lowest BCUT2D eigenvalue weighted by Gasteiger charge is -2.57. The van der Waals surface area contributed by atoms with E-state index in [1.54, 1.807) is 17.4 Å². The molecule has 31 heavy (non-hydrogen) atoms. The summed E-state index contributed by atoms with van der Waals surface area (Å²) in [4.78, 5) is 6.51. The summed E-state index contributed by atoms with van der Waals surface area (Å²) in [7, 11) is -3.23. The maximum absolute atomic E-state index is 12.6. The first kappa shape index (κ1) is 22.0. The van der Waals surface area contributed by atoms with Crippen LogP contribution in [0.15, 0.2) is 48.7 Å². The topological polar surface area (TPSA) is 73.7 Å². The van der Waals surface area contributed by atoms with E-state index in [0.29, 0.717) is 13.1 Å². The molecule has 7 heteroatoms. The molecule has 3 heterocycles. The van der Waals surface area contributed by atoms with Crippen LogP contribution in [0.1, 0.15) is 42.5 Å². The van der Waals surface area contributed by atoms with Gasteiger partial charge in [-0.3, -0.25) is 4.90 Å². The Balaban J connectivity index is 1.55. The van der Waals surface area contributed by atoms with Gasteiger partial charge >= 0.3 is 0 Å². The molecule has 1 N–H and O–H groups in total. The molecule has 0 spiro atoms. The average Bonchev–Trinajstić information content (AvgIpc) is 2.78. The first-order valence-electron chi connectivity index (χ1n) is 10.9. The van der Waals surface area contributed by atoms with E-state index in [2.05, 4.69) is 33.9 Å². The molecule has 2 fully saturated rings. The van der Waals surface area contributed by atoms with Gasteiger partial charge in [0, 0.05) is 42.9 Å². The number of hydrogen-bond acceptors (Lipinski definition) is 5. The van der Waals surface area contributed by atoms with E-state index in [0.717, 1.165) is 36.2 Å². The quantitative estimate of drug-likeness (QED) is 0.739. The van der Waals surface area contributed by atoms with Crippen LogP contribution in [0, 0.1) is 11.8 Å². The van der Waals surface area contributed by atoms with Crippen LogP contribution >= 0.6 is 0 Å². The van der Waals surface area contributed by atoms with E-state index in [1.807, 2.05) is 30.3 Å². The van der Waals surface area contributed by atoms with Crippen molar-refractivity contribution in [3.05, 3.63) is 65.5 Å². The van der Waals surface area contributed by atoms with Gasteiger partial charge in [0.05, 0.1) is 12.4 Å². The van der Waals surface area contributed by atoms with Crippen LogP contribution in [0.5, 0.6) is 0 Å². The summed E-state index contributed by atoms with van der Waals surface area (Å²) in [5, 5.41) is 10.1. The van der Waals surface area contributed by atoms with E-state index in [4.69, 9.17) is 0 Å². The molecule has 164 valence electrons. The zero-order valence-corrected chi connectivity index (χ0v) is 18.6. The van der Waals surface area contributed by atoms with Crippen LogP contribution in [0.4, 0.5) is 0 Å². The normalized spacial score (nSPS) is 24.8. The van der Waals surface area contributed by atoms with Gasteiger partial charge in [0.2, 0.25) is 10.0 Å². The van der Waals surface area contributed by atoms with Crippen LogP contribution in [0.3, 0.4) is 0 Å². The molecule has 2 aromatic rings. The molecular weight excluding hydrogens is 410 g/mol. The number of pyridine rings is 1. The summed E-state index contributed by atoms with van der Waals surface area (Å²) in [5.74, 6) is 6.43. The van der Waals surface area contributed by atoms with Crippen molar-refractivity contribution in [2.75, 3.05) is 32.0 Å². The van der Waals surface area contributed by atoms with E-state index in [-0.39, 0.29) is 30.4 Å². The SMILES string of the molecule is CCS(=O)(=O)N1CCCCN2[C@H](C1)[C@H](c1ccc(C#Cc3ccccn3)cc1)[C@@H]2CO. The zero-order valence-electron chi connectivity index (χ0n) is 17.8. The monoisotopic (exact) mass is 439 g/mol. The minimum Gasteiger partial charge on any atom is -0.395 e. The molecule has 0 radical (unpaired) electrons. The number of sulfonamides is 1. The largest absolute Gasteiger partial charge is 0.395 e. The standard InChI is InChI=1S/C24H29N3O3S/c1-2-31(29,30)26-15-5-6-16-27-22(17-26)24(23(27)18-28)20-11-8-19(9-12-20)10-13-21-7-3-4-14-25-21/h3-4,7-9,11-12,14,22-24,28H,2,5-6,15-18H2,1H3/t22-,23+,24+/m1/s1. The molecule has 0 amide bonds. The molecule has 2 aliphatic heterocycles. The fourth-order valence-electron chi connectivity index (χ4n) is 4.71. The summed E-state index contributed by atoms with van der Waals surface area (Å²) in [6.45, 7) is 3.74. The first-order chi connectivity index (χ1) is 15.0. The Morgan fingerprint density at radius 2 is 1.87 bits per heavy atom. The predicted octanol–water partition coefficient (Wildman–Crippen LogP) is 2.06. The minimum absolute atomic E-state index is 0.0275. The molecular formula is C24H29N3O3S. The number of aromatic nitrogens is 1. The first-order valence-corrected chi connectivity index (χ1v) is 12.5. The number of fused-ring (bicyclic) bond motifs is 1. The number of aliphatic hydroxyl groups excluding tert-OH is 1. The third kappa shape index (κ3) is 4.68. The zero-order chi connectivity index (χ0) is 21.8. The van der Waals surface area contributed by atoms with Crippen molar-refractivity contribution in [2.45, 2.75) is 37.8 Å². The van der Waals surface area contributed by atoms with Gasteiger partial charge in [0.15, 0.2) is 0 Å². The molecule has 0 unspecified atom stereocenters.